The van der Waals surface area contributed by atoms with Crippen LogP contribution in [0.15, 0.2) is 30.3 Å². The Hall–Kier alpha value is -1.76. The fraction of sp³-hybridized carbons (Fsp3) is 0.500. The van der Waals surface area contributed by atoms with Crippen LogP contribution < -0.4 is 5.48 Å². The fourth-order valence-corrected chi connectivity index (χ4v) is 2.24. The number of benzene rings is 1. The number of nitrogens with zero attached hydrogens (tertiary/aromatic N) is 1. The zero-order valence-electron chi connectivity index (χ0n) is 13.0. The van der Waals surface area contributed by atoms with Gasteiger partial charge in [0.1, 0.15) is 13.6 Å². The van der Waals surface area contributed by atoms with E-state index in [-0.39, 0.29) is 18.9 Å². The van der Waals surface area contributed by atoms with Crippen LogP contribution in [-0.2, 0) is 16.1 Å². The average Bonchev–Trinajstić information content (AvgIpc) is 2.50. The van der Waals surface area contributed by atoms with E-state index in [1.807, 2.05) is 30.3 Å². The van der Waals surface area contributed by atoms with Gasteiger partial charge in [0, 0.05) is 12.0 Å². The van der Waals surface area contributed by atoms with Crippen molar-refractivity contribution in [3.05, 3.63) is 35.9 Å². The Labute approximate surface area is 130 Å². The molecular weight excluding hydrogens is 284 g/mol. The van der Waals surface area contributed by atoms with Gasteiger partial charge in [0.05, 0.1) is 6.42 Å². The van der Waals surface area contributed by atoms with Gasteiger partial charge in [-0.25, -0.2) is 15.5 Å². The lowest BCUT2D eigenvalue weighted by molar-refractivity contribution is -1.04. The Morgan fingerprint density at radius 3 is 2.23 bits per heavy atom. The van der Waals surface area contributed by atoms with E-state index in [4.69, 9.17) is 5.21 Å². The number of hydroxylamine groups is 4. The first-order valence-electron chi connectivity index (χ1n) is 7.54. The molecule has 1 unspecified atom stereocenters. The predicted molar refractivity (Wildman–Crippen MR) is 80.8 cm³/mol. The second-order valence-electron chi connectivity index (χ2n) is 5.63. The lowest BCUT2D eigenvalue weighted by Gasteiger charge is -2.22. The van der Waals surface area contributed by atoms with Crippen molar-refractivity contribution >= 4 is 11.8 Å². The summed E-state index contributed by atoms with van der Waals surface area (Å²) in [4.78, 5) is 22.9. The molecule has 0 spiro atoms. The zero-order valence-corrected chi connectivity index (χ0v) is 13.0. The maximum absolute atomic E-state index is 12.1. The highest BCUT2D eigenvalue weighted by Gasteiger charge is 2.29. The number of hydrogen-bond donors (Lipinski definition) is 3. The minimum absolute atomic E-state index is 0.211. The minimum Gasteiger partial charge on any atom is -0.289 e. The molecular formula is C16H25N2O4+. The predicted octanol–water partition coefficient (Wildman–Crippen LogP) is 2.40. The summed E-state index contributed by atoms with van der Waals surface area (Å²) in [6.07, 6.45) is 3.58. The van der Waals surface area contributed by atoms with E-state index in [2.05, 4.69) is 0 Å². The van der Waals surface area contributed by atoms with Gasteiger partial charge in [-0.05, 0) is 12.8 Å². The van der Waals surface area contributed by atoms with E-state index in [1.54, 1.807) is 5.48 Å². The molecule has 1 atom stereocenters. The topological polar surface area (TPSA) is 86.6 Å². The number of quaternary nitrogens is 1. The fourth-order valence-electron chi connectivity index (χ4n) is 2.24. The third-order valence-electron chi connectivity index (χ3n) is 3.54. The average molecular weight is 309 g/mol. The van der Waals surface area contributed by atoms with Crippen molar-refractivity contribution in [3.63, 3.8) is 0 Å². The molecule has 6 nitrogen and oxygen atoms in total. The molecule has 0 fully saturated rings. The van der Waals surface area contributed by atoms with Gasteiger partial charge >= 0.3 is 5.91 Å². The Bertz CT molecular complexity index is 474. The number of nitrogens with one attached hydrogen (secondary N) is 1. The molecule has 0 saturated carbocycles. The Morgan fingerprint density at radius 1 is 1.05 bits per heavy atom. The lowest BCUT2D eigenvalue weighted by atomic mass is 10.1. The zero-order chi connectivity index (χ0) is 16.4. The number of unbranched alkanes of at least 4 members (excludes halogenated alkanes) is 3. The Morgan fingerprint density at radius 2 is 1.64 bits per heavy atom. The molecule has 22 heavy (non-hydrogen) atoms. The largest absolute Gasteiger partial charge is 0.345 e. The van der Waals surface area contributed by atoms with Crippen LogP contribution in [0.25, 0.3) is 0 Å². The number of rotatable bonds is 9. The standard InChI is InChI=1S/C16H24N2O4/c1-18(22,13-14-9-5-4-6-10-14)16(20)12-8-3-2-7-11-15(19)17-21/h4-6,9-10,22H,2-3,7-8,11-13H2,1H3,(H-,17,19,21)/p+1. The van der Waals surface area contributed by atoms with Crippen LogP contribution in [0.4, 0.5) is 0 Å². The third kappa shape index (κ3) is 6.80. The van der Waals surface area contributed by atoms with Gasteiger partial charge in [-0.2, -0.15) is 0 Å². The first-order valence-corrected chi connectivity index (χ1v) is 7.54. The molecule has 6 heteroatoms. The van der Waals surface area contributed by atoms with Gasteiger partial charge in [-0.3, -0.25) is 10.0 Å². The van der Waals surface area contributed by atoms with Crippen LogP contribution in [-0.4, -0.2) is 33.9 Å². The maximum atomic E-state index is 12.1. The van der Waals surface area contributed by atoms with E-state index >= 15 is 0 Å². The van der Waals surface area contributed by atoms with Crippen LogP contribution in [0.2, 0.25) is 0 Å². The van der Waals surface area contributed by atoms with Crippen molar-refractivity contribution in [2.45, 2.75) is 45.1 Å². The summed E-state index contributed by atoms with van der Waals surface area (Å²) < 4.78 is -0.642. The first kappa shape index (κ1) is 18.3. The monoisotopic (exact) mass is 309 g/mol. The summed E-state index contributed by atoms with van der Waals surface area (Å²) >= 11 is 0. The van der Waals surface area contributed by atoms with Crippen LogP contribution in [0.5, 0.6) is 0 Å². The van der Waals surface area contributed by atoms with E-state index in [1.165, 1.54) is 7.05 Å². The summed E-state index contributed by atoms with van der Waals surface area (Å²) in [5.41, 5.74) is 2.50. The molecule has 122 valence electrons. The molecule has 0 aliphatic heterocycles. The number of amides is 2. The molecule has 0 saturated heterocycles. The summed E-state index contributed by atoms with van der Waals surface area (Å²) in [6, 6.07) is 9.41. The highest BCUT2D eigenvalue weighted by Crippen LogP contribution is 2.13. The molecule has 0 bridgehead atoms. The van der Waals surface area contributed by atoms with Crippen molar-refractivity contribution in [3.8, 4) is 0 Å². The van der Waals surface area contributed by atoms with Gasteiger partial charge in [-0.1, -0.05) is 43.2 Å². The minimum atomic E-state index is -0.642. The van der Waals surface area contributed by atoms with E-state index in [0.29, 0.717) is 19.3 Å². The highest BCUT2D eigenvalue weighted by molar-refractivity contribution is 5.74. The van der Waals surface area contributed by atoms with Crippen molar-refractivity contribution in [1.29, 1.82) is 0 Å². The number of carbonyl (C=O) groups is 2. The van der Waals surface area contributed by atoms with E-state index in [0.717, 1.165) is 18.4 Å². The van der Waals surface area contributed by atoms with Crippen LogP contribution in [0.3, 0.4) is 0 Å². The summed E-state index contributed by atoms with van der Waals surface area (Å²) in [5, 5.41) is 18.6. The Kier molecular flexibility index (Phi) is 7.73. The number of hydrogen-bond acceptors (Lipinski definition) is 4. The summed E-state index contributed by atoms with van der Waals surface area (Å²) in [5.74, 6) is -0.601. The van der Waals surface area contributed by atoms with Crippen LogP contribution in [0.1, 0.15) is 44.1 Å². The molecule has 1 rings (SSSR count). The normalized spacial score (nSPS) is 13.4. The Balaban J connectivity index is 2.24. The smallest absolute Gasteiger partial charge is 0.289 e. The molecule has 0 aliphatic rings. The number of carbonyl (C=O) groups excluding carboxylic acids is 2. The second kappa shape index (κ2) is 9.30. The molecule has 1 aromatic carbocycles. The van der Waals surface area contributed by atoms with Crippen molar-refractivity contribution in [2.75, 3.05) is 7.05 Å². The quantitative estimate of drug-likeness (QED) is 0.283. The van der Waals surface area contributed by atoms with Crippen molar-refractivity contribution in [1.82, 2.24) is 5.48 Å². The van der Waals surface area contributed by atoms with Crippen molar-refractivity contribution in [2.24, 2.45) is 0 Å². The van der Waals surface area contributed by atoms with E-state index in [9.17, 15) is 14.8 Å². The molecule has 1 aromatic rings. The lowest BCUT2D eigenvalue weighted by Crippen LogP contribution is -2.45. The highest BCUT2D eigenvalue weighted by atomic mass is 16.6. The van der Waals surface area contributed by atoms with Gasteiger partial charge in [0.25, 0.3) is 0 Å². The summed E-state index contributed by atoms with van der Waals surface area (Å²) in [6.45, 7) is 0.260. The van der Waals surface area contributed by atoms with Gasteiger partial charge < -0.3 is 0 Å². The van der Waals surface area contributed by atoms with Gasteiger partial charge in [-0.15, -0.1) is 4.65 Å². The maximum Gasteiger partial charge on any atom is 0.345 e. The van der Waals surface area contributed by atoms with E-state index < -0.39 is 10.6 Å². The molecule has 0 heterocycles. The first-order chi connectivity index (χ1) is 10.5. The molecule has 2 amide bonds. The SMILES string of the molecule is C[N+](O)(Cc1ccccc1)C(=O)CCCCCCC(=O)NO. The second-order valence-corrected chi connectivity index (χ2v) is 5.63. The third-order valence-corrected chi connectivity index (χ3v) is 3.54. The van der Waals surface area contributed by atoms with Gasteiger partial charge in [0.2, 0.25) is 5.91 Å². The summed E-state index contributed by atoms with van der Waals surface area (Å²) in [7, 11) is 1.50. The van der Waals surface area contributed by atoms with Crippen LogP contribution >= 0.6 is 0 Å². The molecule has 0 aliphatic carbocycles. The van der Waals surface area contributed by atoms with Crippen molar-refractivity contribution < 1.29 is 24.6 Å². The van der Waals surface area contributed by atoms with Gasteiger partial charge in [0.15, 0.2) is 0 Å². The molecule has 3 N–H and O–H groups in total. The molecule has 0 radical (unpaired) electrons. The molecule has 0 aromatic heterocycles. The van der Waals surface area contributed by atoms with Crippen LogP contribution in [0, 0.1) is 0 Å².